The minimum Gasteiger partial charge on any atom is -0.267 e. The Morgan fingerprint density at radius 3 is 2.83 bits per heavy atom. The molecule has 18 heavy (non-hydrogen) atoms. The van der Waals surface area contributed by atoms with E-state index in [1.165, 1.54) is 10.7 Å². The number of aromatic nitrogens is 3. The van der Waals surface area contributed by atoms with Crippen LogP contribution in [0.3, 0.4) is 0 Å². The van der Waals surface area contributed by atoms with Gasteiger partial charge in [-0.05, 0) is 46.3 Å². The fraction of sp³-hybridized carbons (Fsp3) is 0. The summed E-state index contributed by atoms with van der Waals surface area (Å²) in [5, 5.41) is 5.01. The van der Waals surface area contributed by atoms with Crippen LogP contribution in [-0.4, -0.2) is 14.8 Å². The van der Waals surface area contributed by atoms with Gasteiger partial charge in [0.25, 0.3) is 5.56 Å². The lowest BCUT2D eigenvalue weighted by Gasteiger charge is -2.05. The van der Waals surface area contributed by atoms with E-state index in [9.17, 15) is 4.79 Å². The molecule has 0 saturated heterocycles. The maximum Gasteiger partial charge on any atom is 0.271 e. The van der Waals surface area contributed by atoms with Gasteiger partial charge in [0, 0.05) is 17.6 Å². The van der Waals surface area contributed by atoms with E-state index in [4.69, 9.17) is 0 Å². The first-order chi connectivity index (χ1) is 8.74. The molecule has 4 nitrogen and oxygen atoms in total. The van der Waals surface area contributed by atoms with Crippen LogP contribution < -0.4 is 5.56 Å². The van der Waals surface area contributed by atoms with E-state index in [0.717, 1.165) is 21.2 Å². The molecule has 0 amide bonds. The van der Waals surface area contributed by atoms with E-state index in [-0.39, 0.29) is 5.56 Å². The van der Waals surface area contributed by atoms with Crippen LogP contribution >= 0.6 is 15.9 Å². The summed E-state index contributed by atoms with van der Waals surface area (Å²) in [7, 11) is 0. The topological polar surface area (TPSA) is 47.8 Å². The molecule has 3 aromatic rings. The van der Waals surface area contributed by atoms with Crippen molar-refractivity contribution >= 4 is 26.8 Å². The molecule has 0 bridgehead atoms. The highest BCUT2D eigenvalue weighted by atomic mass is 79.9. The van der Waals surface area contributed by atoms with Gasteiger partial charge in [-0.25, -0.2) is 4.98 Å². The van der Waals surface area contributed by atoms with Crippen LogP contribution in [0.25, 0.3) is 16.6 Å². The molecule has 0 unspecified atom stereocenters. The van der Waals surface area contributed by atoms with Gasteiger partial charge in [-0.2, -0.15) is 9.78 Å². The molecule has 5 heteroatoms. The third-order valence-electron chi connectivity index (χ3n) is 2.60. The SMILES string of the molecule is O=c1cccnn1-c1ccc2nc(Br)ccc2c1. The third-order valence-corrected chi connectivity index (χ3v) is 3.04. The molecule has 1 aromatic carbocycles. The van der Waals surface area contributed by atoms with Crippen molar-refractivity contribution in [2.75, 3.05) is 0 Å². The van der Waals surface area contributed by atoms with E-state index in [1.807, 2.05) is 30.3 Å². The Morgan fingerprint density at radius 1 is 1.11 bits per heavy atom. The molecule has 0 N–H and O–H groups in total. The second-order valence-corrected chi connectivity index (χ2v) is 4.60. The van der Waals surface area contributed by atoms with E-state index in [2.05, 4.69) is 26.0 Å². The van der Waals surface area contributed by atoms with Crippen LogP contribution in [0.5, 0.6) is 0 Å². The molecule has 0 aliphatic carbocycles. The van der Waals surface area contributed by atoms with Crippen LogP contribution in [-0.2, 0) is 0 Å². The Balaban J connectivity index is 2.23. The van der Waals surface area contributed by atoms with Gasteiger partial charge in [-0.3, -0.25) is 4.79 Å². The van der Waals surface area contributed by atoms with Crippen LogP contribution in [0, 0.1) is 0 Å². The summed E-state index contributed by atoms with van der Waals surface area (Å²) in [6.45, 7) is 0. The largest absolute Gasteiger partial charge is 0.271 e. The summed E-state index contributed by atoms with van der Waals surface area (Å²) in [5.41, 5.74) is 1.45. The van der Waals surface area contributed by atoms with Crippen molar-refractivity contribution in [3.05, 3.63) is 63.6 Å². The lowest BCUT2D eigenvalue weighted by Crippen LogP contribution is -2.18. The predicted molar refractivity (Wildman–Crippen MR) is 72.8 cm³/mol. The quantitative estimate of drug-likeness (QED) is 0.649. The normalized spacial score (nSPS) is 10.7. The predicted octanol–water partition coefficient (Wildman–Crippen LogP) is 2.54. The molecule has 0 atom stereocenters. The van der Waals surface area contributed by atoms with Crippen molar-refractivity contribution in [1.29, 1.82) is 0 Å². The molecule has 88 valence electrons. The first-order valence-corrected chi connectivity index (χ1v) is 6.14. The fourth-order valence-corrected chi connectivity index (χ4v) is 2.09. The van der Waals surface area contributed by atoms with Crippen molar-refractivity contribution in [2.24, 2.45) is 0 Å². The van der Waals surface area contributed by atoms with E-state index < -0.39 is 0 Å². The molecular weight excluding hydrogens is 294 g/mol. The lowest BCUT2D eigenvalue weighted by molar-refractivity contribution is 0.808. The lowest BCUT2D eigenvalue weighted by atomic mass is 10.2. The molecule has 2 heterocycles. The number of nitrogens with zero attached hydrogens (tertiary/aromatic N) is 3. The maximum absolute atomic E-state index is 11.7. The second-order valence-electron chi connectivity index (χ2n) is 3.78. The molecule has 0 saturated carbocycles. The number of hydrogen-bond acceptors (Lipinski definition) is 3. The summed E-state index contributed by atoms with van der Waals surface area (Å²) >= 11 is 3.33. The average Bonchev–Trinajstić information content (AvgIpc) is 2.39. The van der Waals surface area contributed by atoms with Crippen LogP contribution in [0.1, 0.15) is 0 Å². The smallest absolute Gasteiger partial charge is 0.267 e. The number of benzene rings is 1. The Bertz CT molecular complexity index is 782. The number of hydrogen-bond donors (Lipinski definition) is 0. The molecule has 0 aliphatic heterocycles. The average molecular weight is 302 g/mol. The van der Waals surface area contributed by atoms with E-state index >= 15 is 0 Å². The van der Waals surface area contributed by atoms with Gasteiger partial charge in [-0.15, -0.1) is 0 Å². The van der Waals surface area contributed by atoms with Crippen molar-refractivity contribution in [2.45, 2.75) is 0 Å². The Morgan fingerprint density at radius 2 is 2.00 bits per heavy atom. The summed E-state index contributed by atoms with van der Waals surface area (Å²) in [5.74, 6) is 0. The molecule has 0 fully saturated rings. The van der Waals surface area contributed by atoms with E-state index in [1.54, 1.807) is 12.3 Å². The number of rotatable bonds is 1. The van der Waals surface area contributed by atoms with Gasteiger partial charge in [0.2, 0.25) is 0 Å². The van der Waals surface area contributed by atoms with Crippen molar-refractivity contribution in [3.63, 3.8) is 0 Å². The number of pyridine rings is 1. The van der Waals surface area contributed by atoms with Crippen LogP contribution in [0.15, 0.2) is 58.1 Å². The summed E-state index contributed by atoms with van der Waals surface area (Å²) < 4.78 is 2.15. The minimum atomic E-state index is -0.151. The zero-order valence-electron chi connectivity index (χ0n) is 9.25. The standard InChI is InChI=1S/C13H8BrN3O/c14-12-6-3-9-8-10(4-5-11(9)16-12)17-13(18)2-1-7-15-17/h1-8H. The number of halogens is 1. The summed E-state index contributed by atoms with van der Waals surface area (Å²) in [4.78, 5) is 16.0. The van der Waals surface area contributed by atoms with Crippen LogP contribution in [0.4, 0.5) is 0 Å². The van der Waals surface area contributed by atoms with Gasteiger partial charge in [0.15, 0.2) is 0 Å². The number of fused-ring (bicyclic) bond motifs is 1. The van der Waals surface area contributed by atoms with Gasteiger partial charge in [0.05, 0.1) is 11.2 Å². The zero-order chi connectivity index (χ0) is 12.5. The highest BCUT2D eigenvalue weighted by Gasteiger charge is 2.02. The fourth-order valence-electron chi connectivity index (χ4n) is 1.77. The molecule has 2 aromatic heterocycles. The highest BCUT2D eigenvalue weighted by Crippen LogP contribution is 2.18. The minimum absolute atomic E-state index is 0.151. The second kappa shape index (κ2) is 4.34. The summed E-state index contributed by atoms with van der Waals surface area (Å²) in [6.07, 6.45) is 1.59. The molecule has 0 radical (unpaired) electrons. The molecule has 0 spiro atoms. The van der Waals surface area contributed by atoms with Gasteiger partial charge in [0.1, 0.15) is 4.60 Å². The first-order valence-electron chi connectivity index (χ1n) is 5.35. The van der Waals surface area contributed by atoms with Crippen molar-refractivity contribution < 1.29 is 0 Å². The third kappa shape index (κ3) is 1.93. The maximum atomic E-state index is 11.7. The van der Waals surface area contributed by atoms with Crippen molar-refractivity contribution in [3.8, 4) is 5.69 Å². The summed E-state index contributed by atoms with van der Waals surface area (Å²) in [6, 6.07) is 12.5. The van der Waals surface area contributed by atoms with Gasteiger partial charge in [-0.1, -0.05) is 6.07 Å². The Kier molecular flexibility index (Phi) is 2.68. The molecular formula is C13H8BrN3O. The Labute approximate surface area is 111 Å². The van der Waals surface area contributed by atoms with Gasteiger partial charge < -0.3 is 0 Å². The Hall–Kier alpha value is -2.01. The highest BCUT2D eigenvalue weighted by molar-refractivity contribution is 9.10. The van der Waals surface area contributed by atoms with E-state index in [0.29, 0.717) is 0 Å². The van der Waals surface area contributed by atoms with Gasteiger partial charge >= 0.3 is 0 Å². The molecule has 3 rings (SSSR count). The first kappa shape index (κ1) is 11.1. The zero-order valence-corrected chi connectivity index (χ0v) is 10.8. The van der Waals surface area contributed by atoms with Crippen LogP contribution in [0.2, 0.25) is 0 Å². The molecule has 0 aliphatic rings. The van der Waals surface area contributed by atoms with Crippen molar-refractivity contribution in [1.82, 2.24) is 14.8 Å². The monoisotopic (exact) mass is 301 g/mol.